The van der Waals surface area contributed by atoms with Crippen LogP contribution < -0.4 is 5.32 Å². The molecule has 0 amide bonds. The summed E-state index contributed by atoms with van der Waals surface area (Å²) in [6.07, 6.45) is 3.40. The van der Waals surface area contributed by atoms with Crippen molar-refractivity contribution in [3.63, 3.8) is 0 Å². The summed E-state index contributed by atoms with van der Waals surface area (Å²) in [5.41, 5.74) is 8.84. The van der Waals surface area contributed by atoms with Gasteiger partial charge in [0.2, 0.25) is 0 Å². The lowest BCUT2D eigenvalue weighted by atomic mass is 10.2. The summed E-state index contributed by atoms with van der Waals surface area (Å²) in [4.78, 5) is 12.7. The highest BCUT2D eigenvalue weighted by atomic mass is 16.3. The number of dihydropyridines is 1. The summed E-state index contributed by atoms with van der Waals surface area (Å²) in [5, 5.41) is 8.84. The Morgan fingerprint density at radius 2 is 2.58 bits per heavy atom. The molecule has 1 aliphatic rings. The van der Waals surface area contributed by atoms with Crippen molar-refractivity contribution in [3.05, 3.63) is 38.9 Å². The minimum absolute atomic E-state index is 0.261. The van der Waals surface area contributed by atoms with E-state index < -0.39 is 0 Å². The van der Waals surface area contributed by atoms with Gasteiger partial charge in [0.25, 0.3) is 0 Å². The fourth-order valence-electron chi connectivity index (χ4n) is 0.854. The van der Waals surface area contributed by atoms with E-state index in [1.54, 1.807) is 6.08 Å². The highest BCUT2D eigenvalue weighted by Crippen LogP contribution is 2.06. The Morgan fingerprint density at radius 1 is 1.75 bits per heavy atom. The van der Waals surface area contributed by atoms with Crippen LogP contribution in [0.15, 0.2) is 33.8 Å². The Labute approximate surface area is 68.6 Å². The number of azide groups is 1. The molecule has 0 aromatic heterocycles. The molecule has 0 spiro atoms. The normalized spacial score (nSPS) is 15.0. The molecule has 1 N–H and O–H groups in total. The Kier molecular flexibility index (Phi) is 2.87. The van der Waals surface area contributed by atoms with Crippen LogP contribution >= 0.6 is 0 Å². The molecule has 6 heteroatoms. The fourth-order valence-corrected chi connectivity index (χ4v) is 0.854. The van der Waals surface area contributed by atoms with Gasteiger partial charge < -0.3 is 5.32 Å². The second kappa shape index (κ2) is 4.15. The molecule has 0 fully saturated rings. The van der Waals surface area contributed by atoms with Crippen molar-refractivity contribution >= 4 is 0 Å². The Morgan fingerprint density at radius 3 is 3.25 bits per heavy atom. The highest BCUT2D eigenvalue weighted by Gasteiger charge is 2.02. The van der Waals surface area contributed by atoms with Gasteiger partial charge in [-0.2, -0.15) is 0 Å². The summed E-state index contributed by atoms with van der Waals surface area (Å²) < 4.78 is 0. The summed E-state index contributed by atoms with van der Waals surface area (Å²) in [5.74, 6) is 0.278. The average Bonchev–Trinajstić information content (AvgIpc) is 2.15. The molecule has 0 saturated heterocycles. The third-order valence-electron chi connectivity index (χ3n) is 1.38. The van der Waals surface area contributed by atoms with Crippen molar-refractivity contribution in [1.29, 1.82) is 0 Å². The minimum atomic E-state index is 0.261. The molecule has 0 atom stereocenters. The van der Waals surface area contributed by atoms with E-state index in [1.165, 1.54) is 0 Å². The molecule has 1 rings (SSSR count). The summed E-state index contributed by atoms with van der Waals surface area (Å²) in [7, 11) is 0. The van der Waals surface area contributed by atoms with Gasteiger partial charge in [-0.3, -0.25) is 0 Å². The molecule has 0 unspecified atom stereocenters. The van der Waals surface area contributed by atoms with Crippen LogP contribution in [0.5, 0.6) is 0 Å². The number of hydrogen-bond donors (Lipinski definition) is 1. The zero-order chi connectivity index (χ0) is 8.81. The second-order valence-corrected chi connectivity index (χ2v) is 2.17. The van der Waals surface area contributed by atoms with Crippen LogP contribution in [0.2, 0.25) is 0 Å². The first-order valence-corrected chi connectivity index (χ1v) is 3.35. The van der Waals surface area contributed by atoms with Gasteiger partial charge >= 0.3 is 0 Å². The average molecular weight is 165 g/mol. The van der Waals surface area contributed by atoms with Gasteiger partial charge in [0.1, 0.15) is 0 Å². The molecular formula is C6H7N5O. The maximum Gasteiger partial charge on any atom is 0.171 e. The predicted octanol–water partition coefficient (Wildman–Crippen LogP) is 1.43. The van der Waals surface area contributed by atoms with Gasteiger partial charge in [-0.1, -0.05) is 11.2 Å². The number of hydrogen-bond acceptors (Lipinski definition) is 4. The number of nitroso groups, excluding NO2 is 1. The van der Waals surface area contributed by atoms with Crippen LogP contribution in [0, 0.1) is 4.91 Å². The molecule has 0 saturated carbocycles. The monoisotopic (exact) mass is 165 g/mol. The Balaban J connectivity index is 2.65. The minimum Gasteiger partial charge on any atom is -0.364 e. The first-order valence-electron chi connectivity index (χ1n) is 3.35. The molecule has 62 valence electrons. The van der Waals surface area contributed by atoms with E-state index in [2.05, 4.69) is 20.5 Å². The summed E-state index contributed by atoms with van der Waals surface area (Å²) >= 11 is 0. The van der Waals surface area contributed by atoms with Gasteiger partial charge in [-0.25, -0.2) is 0 Å². The van der Waals surface area contributed by atoms with Gasteiger partial charge in [0.15, 0.2) is 5.82 Å². The second-order valence-electron chi connectivity index (χ2n) is 2.17. The third kappa shape index (κ3) is 2.10. The summed E-state index contributed by atoms with van der Waals surface area (Å²) in [6.45, 7) is 0.811. The van der Waals surface area contributed by atoms with Crippen LogP contribution in [0.3, 0.4) is 0 Å². The molecule has 0 aliphatic carbocycles. The standard InChI is InChI=1S/C6H7N5O/c7-11-9-4-5-1-2-8-6(3-5)10-12/h1,3,8H,2,4H2. The van der Waals surface area contributed by atoms with Crippen LogP contribution in [-0.4, -0.2) is 13.1 Å². The fraction of sp³-hybridized carbons (Fsp3) is 0.333. The van der Waals surface area contributed by atoms with Crippen molar-refractivity contribution in [3.8, 4) is 0 Å². The van der Waals surface area contributed by atoms with Gasteiger partial charge in [0.05, 0.1) is 6.54 Å². The van der Waals surface area contributed by atoms with E-state index in [0.717, 1.165) is 5.57 Å². The zero-order valence-electron chi connectivity index (χ0n) is 6.27. The maximum absolute atomic E-state index is 10.1. The number of nitrogens with one attached hydrogen (secondary N) is 1. The lowest BCUT2D eigenvalue weighted by molar-refractivity contribution is 0.853. The molecule has 0 radical (unpaired) electrons. The molecule has 0 aromatic carbocycles. The van der Waals surface area contributed by atoms with Crippen molar-refractivity contribution in [1.82, 2.24) is 5.32 Å². The molecule has 1 aliphatic heterocycles. The van der Waals surface area contributed by atoms with Crippen LogP contribution in [0.1, 0.15) is 0 Å². The molecular weight excluding hydrogens is 158 g/mol. The van der Waals surface area contributed by atoms with Crippen molar-refractivity contribution in [2.45, 2.75) is 0 Å². The molecule has 12 heavy (non-hydrogen) atoms. The van der Waals surface area contributed by atoms with Gasteiger partial charge in [-0.15, -0.1) is 4.91 Å². The maximum atomic E-state index is 10.1. The molecule has 0 bridgehead atoms. The Hall–Kier alpha value is -1.81. The largest absolute Gasteiger partial charge is 0.364 e. The first-order chi connectivity index (χ1) is 5.86. The summed E-state index contributed by atoms with van der Waals surface area (Å²) in [6, 6.07) is 0. The molecule has 6 nitrogen and oxygen atoms in total. The SMILES string of the molecule is [N-]=[N+]=NCC1=CCNC(N=O)=C1. The van der Waals surface area contributed by atoms with E-state index in [9.17, 15) is 4.91 Å². The van der Waals surface area contributed by atoms with Crippen LogP contribution in [0.4, 0.5) is 0 Å². The lowest BCUT2D eigenvalue weighted by Crippen LogP contribution is -2.16. The predicted molar refractivity (Wildman–Crippen MR) is 44.0 cm³/mol. The van der Waals surface area contributed by atoms with E-state index >= 15 is 0 Å². The van der Waals surface area contributed by atoms with Crippen LogP contribution in [-0.2, 0) is 0 Å². The van der Waals surface area contributed by atoms with E-state index in [4.69, 9.17) is 5.53 Å². The van der Waals surface area contributed by atoms with Gasteiger partial charge in [0, 0.05) is 11.5 Å². The van der Waals surface area contributed by atoms with Crippen molar-refractivity contribution in [2.24, 2.45) is 10.3 Å². The van der Waals surface area contributed by atoms with Gasteiger partial charge in [-0.05, 0) is 22.4 Å². The number of rotatable bonds is 3. The molecule has 1 heterocycles. The van der Waals surface area contributed by atoms with Crippen molar-refractivity contribution < 1.29 is 0 Å². The van der Waals surface area contributed by atoms with Crippen molar-refractivity contribution in [2.75, 3.05) is 13.1 Å². The van der Waals surface area contributed by atoms with E-state index in [0.29, 0.717) is 6.54 Å². The lowest BCUT2D eigenvalue weighted by Gasteiger charge is -2.08. The number of nitrogens with zero attached hydrogens (tertiary/aromatic N) is 4. The van der Waals surface area contributed by atoms with E-state index in [1.807, 2.05) is 6.08 Å². The topological polar surface area (TPSA) is 90.2 Å². The first kappa shape index (κ1) is 8.29. The smallest absolute Gasteiger partial charge is 0.171 e. The molecule has 0 aromatic rings. The third-order valence-corrected chi connectivity index (χ3v) is 1.38. The van der Waals surface area contributed by atoms with Crippen LogP contribution in [0.25, 0.3) is 10.4 Å². The zero-order valence-corrected chi connectivity index (χ0v) is 6.27. The van der Waals surface area contributed by atoms with E-state index in [-0.39, 0.29) is 12.4 Å². The Bertz CT molecular complexity index is 286. The quantitative estimate of drug-likeness (QED) is 0.296. The highest BCUT2D eigenvalue weighted by molar-refractivity contribution is 5.28.